The second-order valence-electron chi connectivity index (χ2n) is 6.63. The number of fused-ring (bicyclic) bond motifs is 1. The standard InChI is InChI=1S/C20H24N2O2S/c1-3-13(2)18(14-8-5-4-6-9-14)20(24)22-21-19(23)17-12-15-10-7-11-16(15)25-17/h4-6,8-9,12-13,18H,3,7,10-11H2,1-2H3,(H,21,23)(H,22,24)/t13-,18+/m1/s1. The molecular formula is C20H24N2O2S. The normalized spacial score (nSPS) is 15.3. The molecule has 0 saturated heterocycles. The van der Waals surface area contributed by atoms with Gasteiger partial charge in [0.15, 0.2) is 0 Å². The van der Waals surface area contributed by atoms with Crippen LogP contribution in [0.3, 0.4) is 0 Å². The smallest absolute Gasteiger partial charge is 0.273 e. The highest BCUT2D eigenvalue weighted by Gasteiger charge is 2.26. The SMILES string of the molecule is CC[C@@H](C)[C@H](C(=O)NNC(=O)c1cc2c(s1)CCC2)c1ccccc1. The first-order valence-corrected chi connectivity index (χ1v) is 9.68. The molecule has 1 aliphatic carbocycles. The van der Waals surface area contributed by atoms with Crippen molar-refractivity contribution in [2.45, 2.75) is 45.4 Å². The fourth-order valence-corrected chi connectivity index (χ4v) is 4.48. The zero-order chi connectivity index (χ0) is 17.8. The molecule has 1 aliphatic rings. The average molecular weight is 356 g/mol. The molecule has 0 radical (unpaired) electrons. The highest BCUT2D eigenvalue weighted by Crippen LogP contribution is 2.30. The van der Waals surface area contributed by atoms with Crippen molar-refractivity contribution >= 4 is 23.2 Å². The van der Waals surface area contributed by atoms with Crippen LogP contribution in [0, 0.1) is 5.92 Å². The van der Waals surface area contributed by atoms with Gasteiger partial charge in [-0.2, -0.15) is 0 Å². The molecule has 1 aromatic heterocycles. The maximum absolute atomic E-state index is 12.7. The van der Waals surface area contributed by atoms with Gasteiger partial charge in [0.1, 0.15) is 0 Å². The van der Waals surface area contributed by atoms with Crippen LogP contribution in [0.1, 0.15) is 58.3 Å². The molecular weight excluding hydrogens is 332 g/mol. The topological polar surface area (TPSA) is 58.2 Å². The van der Waals surface area contributed by atoms with E-state index in [1.165, 1.54) is 28.2 Å². The predicted molar refractivity (Wildman–Crippen MR) is 101 cm³/mol. The third kappa shape index (κ3) is 3.93. The molecule has 4 nitrogen and oxygen atoms in total. The lowest BCUT2D eigenvalue weighted by Gasteiger charge is -2.22. The summed E-state index contributed by atoms with van der Waals surface area (Å²) in [6.45, 7) is 4.13. The fraction of sp³-hybridized carbons (Fsp3) is 0.400. The fourth-order valence-electron chi connectivity index (χ4n) is 3.33. The number of carbonyl (C=O) groups is 2. The van der Waals surface area contributed by atoms with E-state index < -0.39 is 0 Å². The van der Waals surface area contributed by atoms with Crippen LogP contribution >= 0.6 is 11.3 Å². The van der Waals surface area contributed by atoms with Gasteiger partial charge in [0.05, 0.1) is 10.8 Å². The van der Waals surface area contributed by atoms with Crippen LogP contribution < -0.4 is 10.9 Å². The van der Waals surface area contributed by atoms with Crippen molar-refractivity contribution in [3.8, 4) is 0 Å². The maximum Gasteiger partial charge on any atom is 0.279 e. The van der Waals surface area contributed by atoms with E-state index in [4.69, 9.17) is 0 Å². The molecule has 0 aliphatic heterocycles. The third-order valence-corrected chi connectivity index (χ3v) is 6.16. The van der Waals surface area contributed by atoms with Crippen molar-refractivity contribution in [2.75, 3.05) is 0 Å². The van der Waals surface area contributed by atoms with Gasteiger partial charge in [-0.3, -0.25) is 20.4 Å². The van der Waals surface area contributed by atoms with E-state index in [-0.39, 0.29) is 23.7 Å². The minimum absolute atomic E-state index is 0.169. The first-order chi connectivity index (χ1) is 12.1. The van der Waals surface area contributed by atoms with Crippen LogP contribution in [0.5, 0.6) is 0 Å². The molecule has 0 fully saturated rings. The summed E-state index contributed by atoms with van der Waals surface area (Å²) < 4.78 is 0. The second-order valence-corrected chi connectivity index (χ2v) is 7.77. The largest absolute Gasteiger partial charge is 0.279 e. The summed E-state index contributed by atoms with van der Waals surface area (Å²) in [5, 5.41) is 0. The number of aryl methyl sites for hydroxylation is 2. The Kier molecular flexibility index (Phi) is 5.53. The zero-order valence-corrected chi connectivity index (χ0v) is 15.5. The molecule has 0 bridgehead atoms. The summed E-state index contributed by atoms with van der Waals surface area (Å²) >= 11 is 1.53. The van der Waals surface area contributed by atoms with Crippen LogP contribution in [0.25, 0.3) is 0 Å². The van der Waals surface area contributed by atoms with Crippen molar-refractivity contribution in [3.05, 3.63) is 57.3 Å². The predicted octanol–water partition coefficient (Wildman–Crippen LogP) is 3.83. The molecule has 2 atom stereocenters. The molecule has 132 valence electrons. The summed E-state index contributed by atoms with van der Waals surface area (Å²) in [4.78, 5) is 27.0. The minimum Gasteiger partial charge on any atom is -0.273 e. The lowest BCUT2D eigenvalue weighted by atomic mass is 9.85. The van der Waals surface area contributed by atoms with Gasteiger partial charge >= 0.3 is 0 Å². The van der Waals surface area contributed by atoms with E-state index in [1.807, 2.05) is 36.4 Å². The molecule has 3 rings (SSSR count). The number of hydrazine groups is 1. The Labute approximate surface area is 152 Å². The number of hydrogen-bond acceptors (Lipinski definition) is 3. The third-order valence-electron chi connectivity index (χ3n) is 4.92. The lowest BCUT2D eigenvalue weighted by molar-refractivity contribution is -0.124. The Morgan fingerprint density at radius 2 is 1.92 bits per heavy atom. The Morgan fingerprint density at radius 1 is 1.16 bits per heavy atom. The number of rotatable bonds is 5. The molecule has 1 aromatic carbocycles. The van der Waals surface area contributed by atoms with Crippen LogP contribution in [0.4, 0.5) is 0 Å². The van der Waals surface area contributed by atoms with E-state index in [2.05, 4.69) is 24.7 Å². The maximum atomic E-state index is 12.7. The Bertz CT molecular complexity index is 733. The summed E-state index contributed by atoms with van der Waals surface area (Å²) in [6.07, 6.45) is 4.17. The molecule has 2 N–H and O–H groups in total. The first-order valence-electron chi connectivity index (χ1n) is 8.87. The van der Waals surface area contributed by atoms with Crippen molar-refractivity contribution < 1.29 is 9.59 Å². The highest BCUT2D eigenvalue weighted by atomic mass is 32.1. The van der Waals surface area contributed by atoms with E-state index in [0.717, 1.165) is 24.8 Å². The van der Waals surface area contributed by atoms with Gasteiger partial charge in [-0.05, 0) is 42.4 Å². The van der Waals surface area contributed by atoms with Crippen LogP contribution in [0.15, 0.2) is 36.4 Å². The number of benzene rings is 1. The van der Waals surface area contributed by atoms with Crippen LogP contribution in [-0.4, -0.2) is 11.8 Å². The van der Waals surface area contributed by atoms with Crippen molar-refractivity contribution in [1.82, 2.24) is 10.9 Å². The molecule has 2 amide bonds. The van der Waals surface area contributed by atoms with E-state index in [0.29, 0.717) is 4.88 Å². The Hall–Kier alpha value is -2.14. The summed E-state index contributed by atoms with van der Waals surface area (Å²) in [6, 6.07) is 11.7. The van der Waals surface area contributed by atoms with Gasteiger partial charge in [-0.15, -0.1) is 11.3 Å². The van der Waals surface area contributed by atoms with E-state index in [1.54, 1.807) is 0 Å². The monoisotopic (exact) mass is 356 g/mol. The number of carbonyl (C=O) groups excluding carboxylic acids is 2. The quantitative estimate of drug-likeness (QED) is 0.800. The van der Waals surface area contributed by atoms with Gasteiger partial charge in [0.2, 0.25) is 5.91 Å². The van der Waals surface area contributed by atoms with Crippen molar-refractivity contribution in [2.24, 2.45) is 5.92 Å². The molecule has 2 aromatic rings. The lowest BCUT2D eigenvalue weighted by Crippen LogP contribution is -2.44. The Balaban J connectivity index is 1.65. The molecule has 0 unspecified atom stereocenters. The van der Waals surface area contributed by atoms with Gasteiger partial charge in [0.25, 0.3) is 5.91 Å². The second kappa shape index (κ2) is 7.83. The van der Waals surface area contributed by atoms with Crippen LogP contribution in [0.2, 0.25) is 0 Å². The Morgan fingerprint density at radius 3 is 2.60 bits per heavy atom. The highest BCUT2D eigenvalue weighted by molar-refractivity contribution is 7.14. The summed E-state index contributed by atoms with van der Waals surface area (Å²) in [5.41, 5.74) is 7.47. The molecule has 0 spiro atoms. The molecule has 25 heavy (non-hydrogen) atoms. The van der Waals surface area contributed by atoms with E-state index >= 15 is 0 Å². The first kappa shape index (κ1) is 17.7. The van der Waals surface area contributed by atoms with Crippen molar-refractivity contribution in [3.63, 3.8) is 0 Å². The summed E-state index contributed by atoms with van der Waals surface area (Å²) in [7, 11) is 0. The van der Waals surface area contributed by atoms with E-state index in [9.17, 15) is 9.59 Å². The average Bonchev–Trinajstić information content (AvgIpc) is 3.22. The molecule has 0 saturated carbocycles. The van der Waals surface area contributed by atoms with Gasteiger partial charge in [-0.1, -0.05) is 50.6 Å². The van der Waals surface area contributed by atoms with Gasteiger partial charge in [-0.25, -0.2) is 0 Å². The molecule has 1 heterocycles. The number of thiophene rings is 1. The number of hydrogen-bond donors (Lipinski definition) is 2. The van der Waals surface area contributed by atoms with Crippen molar-refractivity contribution in [1.29, 1.82) is 0 Å². The molecule has 5 heteroatoms. The number of amides is 2. The van der Waals surface area contributed by atoms with Crippen LogP contribution in [-0.2, 0) is 17.6 Å². The minimum atomic E-state index is -0.278. The number of nitrogens with one attached hydrogen (secondary N) is 2. The zero-order valence-electron chi connectivity index (χ0n) is 14.7. The van der Waals surface area contributed by atoms with Gasteiger partial charge < -0.3 is 0 Å². The van der Waals surface area contributed by atoms with Gasteiger partial charge in [0, 0.05) is 4.88 Å². The summed E-state index contributed by atoms with van der Waals surface area (Å²) in [5.74, 6) is -0.494.